The number of aliphatic carboxylic acids is 1. The van der Waals surface area contributed by atoms with Gasteiger partial charge in [-0.1, -0.05) is 42.5 Å². The largest absolute Gasteiger partial charge is 0.481 e. The molecule has 0 aromatic heterocycles. The summed E-state index contributed by atoms with van der Waals surface area (Å²) >= 11 is 0. The Labute approximate surface area is 125 Å². The molecule has 1 aromatic rings. The molecule has 0 radical (unpaired) electrons. The van der Waals surface area contributed by atoms with Gasteiger partial charge < -0.3 is 14.2 Å². The van der Waals surface area contributed by atoms with Crippen LogP contribution in [0.2, 0.25) is 0 Å². The smallest absolute Gasteiger partial charge is 0.345 e. The second-order valence-electron chi connectivity index (χ2n) is 4.28. The van der Waals surface area contributed by atoms with Gasteiger partial charge in [0.15, 0.2) is 5.66 Å². The van der Waals surface area contributed by atoms with Crippen molar-refractivity contribution >= 4 is 19.6 Å². The summed E-state index contributed by atoms with van der Waals surface area (Å²) in [6.07, 6.45) is 3.55. The van der Waals surface area contributed by atoms with E-state index in [0.717, 1.165) is 5.56 Å². The molecule has 0 fully saturated rings. The van der Waals surface area contributed by atoms with E-state index in [2.05, 4.69) is 0 Å². The molecule has 116 valence electrons. The molecule has 0 saturated heterocycles. The summed E-state index contributed by atoms with van der Waals surface area (Å²) < 4.78 is 22.8. The molecule has 1 rings (SSSR count). The molecule has 0 amide bonds. The molecule has 1 atom stereocenters. The monoisotopic (exact) mass is 312 g/mol. The minimum absolute atomic E-state index is 0.0848. The van der Waals surface area contributed by atoms with Crippen molar-refractivity contribution in [2.24, 2.45) is 0 Å². The Morgan fingerprint density at radius 2 is 1.81 bits per heavy atom. The van der Waals surface area contributed by atoms with Crippen molar-refractivity contribution in [3.8, 4) is 0 Å². The molecule has 6 heteroatoms. The van der Waals surface area contributed by atoms with Gasteiger partial charge in [-0.15, -0.1) is 0 Å². The summed E-state index contributed by atoms with van der Waals surface area (Å²) in [5.74, 6) is -1.18. The minimum atomic E-state index is -3.66. The second kappa shape index (κ2) is 8.78. The van der Waals surface area contributed by atoms with Gasteiger partial charge in [-0.2, -0.15) is 0 Å². The van der Waals surface area contributed by atoms with Crippen LogP contribution in [0.1, 0.15) is 25.8 Å². The first-order chi connectivity index (χ1) is 10.0. The van der Waals surface area contributed by atoms with Gasteiger partial charge in [0.1, 0.15) is 0 Å². The Morgan fingerprint density at radius 1 is 1.24 bits per heavy atom. The Bertz CT molecular complexity index is 502. The summed E-state index contributed by atoms with van der Waals surface area (Å²) in [5, 5.41) is 9.29. The van der Waals surface area contributed by atoms with Crippen LogP contribution in [-0.4, -0.2) is 29.9 Å². The van der Waals surface area contributed by atoms with Crippen molar-refractivity contribution in [2.75, 3.05) is 13.2 Å². The quantitative estimate of drug-likeness (QED) is 0.702. The molecule has 0 aliphatic heterocycles. The third-order valence-electron chi connectivity index (χ3n) is 2.75. The highest BCUT2D eigenvalue weighted by Gasteiger charge is 2.40. The van der Waals surface area contributed by atoms with Gasteiger partial charge in [0.05, 0.1) is 13.2 Å². The van der Waals surface area contributed by atoms with Crippen LogP contribution in [0.25, 0.3) is 6.08 Å². The van der Waals surface area contributed by atoms with Gasteiger partial charge in [0.2, 0.25) is 0 Å². The van der Waals surface area contributed by atoms with Gasteiger partial charge in [-0.25, -0.2) is 0 Å². The number of hydrogen-bond acceptors (Lipinski definition) is 4. The summed E-state index contributed by atoms with van der Waals surface area (Å²) in [7, 11) is -3.66. The van der Waals surface area contributed by atoms with Crippen LogP contribution in [0.5, 0.6) is 0 Å². The molecule has 0 heterocycles. The first kappa shape index (κ1) is 17.6. The average molecular weight is 312 g/mol. The summed E-state index contributed by atoms with van der Waals surface area (Å²) in [4.78, 5) is 11.4. The first-order valence-corrected chi connectivity index (χ1v) is 8.47. The van der Waals surface area contributed by atoms with Crippen molar-refractivity contribution in [3.63, 3.8) is 0 Å². The van der Waals surface area contributed by atoms with E-state index in [1.807, 2.05) is 30.3 Å². The number of rotatable bonds is 9. The lowest BCUT2D eigenvalue weighted by Crippen LogP contribution is -2.22. The van der Waals surface area contributed by atoms with E-state index in [0.29, 0.717) is 0 Å². The maximum absolute atomic E-state index is 12.5. The number of carboxylic acid groups (broad SMARTS) is 1. The maximum atomic E-state index is 12.5. The van der Waals surface area contributed by atoms with Crippen molar-refractivity contribution in [1.29, 1.82) is 0 Å². The molecular formula is C15H21O5P. The van der Waals surface area contributed by atoms with Crippen LogP contribution in [0, 0.1) is 0 Å². The SMILES string of the molecule is CCOP(=O)(OCC)[C@H](C/C=C/c1ccccc1)C(=O)O. The highest BCUT2D eigenvalue weighted by atomic mass is 31.2. The van der Waals surface area contributed by atoms with Crippen LogP contribution in [0.3, 0.4) is 0 Å². The molecule has 0 aliphatic rings. The summed E-state index contributed by atoms with van der Waals surface area (Å²) in [5.41, 5.74) is -0.248. The molecule has 0 saturated carbocycles. The van der Waals surface area contributed by atoms with Crippen molar-refractivity contribution in [3.05, 3.63) is 42.0 Å². The van der Waals surface area contributed by atoms with E-state index in [1.165, 1.54) is 0 Å². The van der Waals surface area contributed by atoms with E-state index in [4.69, 9.17) is 9.05 Å². The van der Waals surface area contributed by atoms with Crippen LogP contribution in [0.15, 0.2) is 36.4 Å². The molecule has 0 bridgehead atoms. The zero-order chi connectivity index (χ0) is 15.7. The van der Waals surface area contributed by atoms with Gasteiger partial charge in [0.25, 0.3) is 0 Å². The molecule has 21 heavy (non-hydrogen) atoms. The third-order valence-corrected chi connectivity index (χ3v) is 5.19. The van der Waals surface area contributed by atoms with Crippen molar-refractivity contribution < 1.29 is 23.5 Å². The Hall–Kier alpha value is -1.42. The number of carbonyl (C=O) groups is 1. The summed E-state index contributed by atoms with van der Waals surface area (Å²) in [6.45, 7) is 3.60. The number of allylic oxidation sites excluding steroid dienone is 1. The standard InChI is InChI=1S/C15H21O5P/c1-3-19-21(18,20-4-2)14(15(16)17)12-8-11-13-9-6-5-7-10-13/h5-11,14H,3-4,12H2,1-2H3,(H,16,17)/b11-8+/t14-/m1/s1. The van der Waals surface area contributed by atoms with E-state index >= 15 is 0 Å². The van der Waals surface area contributed by atoms with Crippen LogP contribution in [0.4, 0.5) is 0 Å². The molecular weight excluding hydrogens is 291 g/mol. The molecule has 1 aromatic carbocycles. The predicted molar refractivity (Wildman–Crippen MR) is 82.4 cm³/mol. The fraction of sp³-hybridized carbons (Fsp3) is 0.400. The molecule has 0 spiro atoms. The van der Waals surface area contributed by atoms with Gasteiger partial charge in [-0.3, -0.25) is 9.36 Å². The van der Waals surface area contributed by atoms with Gasteiger partial charge in [0, 0.05) is 0 Å². The van der Waals surface area contributed by atoms with E-state index in [9.17, 15) is 14.5 Å². The fourth-order valence-electron chi connectivity index (χ4n) is 1.84. The Balaban J connectivity index is 2.84. The van der Waals surface area contributed by atoms with E-state index < -0.39 is 19.2 Å². The Morgan fingerprint density at radius 3 is 2.29 bits per heavy atom. The molecule has 0 aliphatic carbocycles. The maximum Gasteiger partial charge on any atom is 0.345 e. The minimum Gasteiger partial charge on any atom is -0.481 e. The topological polar surface area (TPSA) is 72.8 Å². The van der Waals surface area contributed by atoms with E-state index in [-0.39, 0.29) is 19.6 Å². The number of hydrogen-bond donors (Lipinski definition) is 1. The average Bonchev–Trinajstić information content (AvgIpc) is 2.44. The highest BCUT2D eigenvalue weighted by Crippen LogP contribution is 2.54. The number of carboxylic acids is 1. The molecule has 1 N–H and O–H groups in total. The molecule has 5 nitrogen and oxygen atoms in total. The lowest BCUT2D eigenvalue weighted by molar-refractivity contribution is -0.136. The lowest BCUT2D eigenvalue weighted by atomic mass is 10.2. The Kier molecular flexibility index (Phi) is 7.37. The first-order valence-electron chi connectivity index (χ1n) is 6.86. The highest BCUT2D eigenvalue weighted by molar-refractivity contribution is 7.55. The normalized spacial score (nSPS) is 13.4. The zero-order valence-corrected chi connectivity index (χ0v) is 13.2. The summed E-state index contributed by atoms with van der Waals surface area (Å²) in [6, 6.07) is 9.48. The van der Waals surface area contributed by atoms with Gasteiger partial charge in [-0.05, 0) is 25.8 Å². The zero-order valence-electron chi connectivity index (χ0n) is 12.3. The van der Waals surface area contributed by atoms with Crippen LogP contribution < -0.4 is 0 Å². The second-order valence-corrected chi connectivity index (χ2v) is 6.50. The van der Waals surface area contributed by atoms with Gasteiger partial charge >= 0.3 is 13.6 Å². The van der Waals surface area contributed by atoms with Crippen molar-refractivity contribution in [2.45, 2.75) is 25.9 Å². The predicted octanol–water partition coefficient (Wildman–Crippen LogP) is 3.81. The van der Waals surface area contributed by atoms with Crippen molar-refractivity contribution in [1.82, 2.24) is 0 Å². The lowest BCUT2D eigenvalue weighted by Gasteiger charge is -2.22. The number of benzene rings is 1. The molecule has 0 unspecified atom stereocenters. The van der Waals surface area contributed by atoms with Crippen LogP contribution >= 0.6 is 7.60 Å². The van der Waals surface area contributed by atoms with Crippen LogP contribution in [-0.2, 0) is 18.4 Å². The van der Waals surface area contributed by atoms with E-state index in [1.54, 1.807) is 26.0 Å². The fourth-order valence-corrected chi connectivity index (χ4v) is 3.64. The third kappa shape index (κ3) is 5.46.